The van der Waals surface area contributed by atoms with E-state index in [4.69, 9.17) is 0 Å². The van der Waals surface area contributed by atoms with Crippen LogP contribution in [0.1, 0.15) is 25.7 Å². The van der Waals surface area contributed by atoms with E-state index in [9.17, 15) is 4.21 Å². The van der Waals surface area contributed by atoms with Gasteiger partial charge < -0.3 is 0 Å². The van der Waals surface area contributed by atoms with Gasteiger partial charge in [0.15, 0.2) is 0 Å². The first-order chi connectivity index (χ1) is 3.43. The van der Waals surface area contributed by atoms with E-state index in [0.717, 1.165) is 24.5 Å². The van der Waals surface area contributed by atoms with Crippen molar-refractivity contribution in [1.82, 2.24) is 0 Å². The zero-order valence-electron chi connectivity index (χ0n) is 4.22. The van der Waals surface area contributed by atoms with Crippen LogP contribution in [0.25, 0.3) is 0 Å². The molecule has 7 heavy (non-hydrogen) atoms. The molecule has 1 saturated carbocycles. The van der Waals surface area contributed by atoms with E-state index in [0.29, 0.717) is 5.25 Å². The predicted octanol–water partition coefficient (Wildman–Crippen LogP) is 1.36. The van der Waals surface area contributed by atoms with Gasteiger partial charge in [-0.2, -0.15) is 0 Å². The molecule has 1 rings (SSSR count). The molecule has 0 aliphatic heterocycles. The average molecular weight is 117 g/mol. The minimum Gasteiger partial charge on any atom is -0.0476 e. The van der Waals surface area contributed by atoms with Gasteiger partial charge in [-0.1, -0.05) is 0 Å². The van der Waals surface area contributed by atoms with Gasteiger partial charge in [0.1, 0.15) is 0 Å². The van der Waals surface area contributed by atoms with Crippen molar-refractivity contribution in [2.24, 2.45) is 0 Å². The Morgan fingerprint density at radius 3 is 2.14 bits per heavy atom. The summed E-state index contributed by atoms with van der Waals surface area (Å²) in [6.07, 6.45) is 4.88. The predicted molar refractivity (Wildman–Crippen MR) is 30.3 cm³/mol. The zero-order valence-corrected chi connectivity index (χ0v) is 5.04. The second-order valence-electron chi connectivity index (χ2n) is 2.00. The van der Waals surface area contributed by atoms with Crippen LogP contribution in [0, 0.1) is 0 Å². The molecule has 0 aromatic heterocycles. The molecule has 1 nitrogen and oxygen atoms in total. The van der Waals surface area contributed by atoms with Gasteiger partial charge in [0, 0.05) is 17.1 Å². The molecule has 1 aliphatic carbocycles. The number of hydrogen-bond donors (Lipinski definition) is 0. The lowest BCUT2D eigenvalue weighted by Gasteiger charge is -1.74. The van der Waals surface area contributed by atoms with Crippen LogP contribution in [-0.2, 0) is 15.9 Å². The maximum Gasteiger partial charge on any atom is 0.462 e. The first-order valence-corrected chi connectivity index (χ1v) is 3.52. The summed E-state index contributed by atoms with van der Waals surface area (Å²) in [4.78, 5) is 0. The highest BCUT2D eigenvalue weighted by atomic mass is 32.1. The quantitative estimate of drug-likeness (QED) is 0.474. The van der Waals surface area contributed by atoms with Crippen molar-refractivity contribution in [1.29, 1.82) is 0 Å². The number of rotatable bonds is 1. The van der Waals surface area contributed by atoms with Gasteiger partial charge >= 0.3 is 11.7 Å². The van der Waals surface area contributed by atoms with Crippen LogP contribution in [0.3, 0.4) is 0 Å². The third-order valence-electron chi connectivity index (χ3n) is 1.44. The highest BCUT2D eigenvalue weighted by Gasteiger charge is 2.25. The van der Waals surface area contributed by atoms with E-state index in [1.165, 1.54) is 12.8 Å². The Kier molecular flexibility index (Phi) is 1.74. The normalized spacial score (nSPS) is 22.9. The minimum absolute atomic E-state index is 0.458. The van der Waals surface area contributed by atoms with Gasteiger partial charge in [-0.3, -0.25) is 0 Å². The Morgan fingerprint density at radius 1 is 1.29 bits per heavy atom. The molecule has 1 fully saturated rings. The largest absolute Gasteiger partial charge is 0.462 e. The monoisotopic (exact) mass is 117 g/mol. The second kappa shape index (κ2) is 2.36. The summed E-state index contributed by atoms with van der Waals surface area (Å²) in [6.45, 7) is 0. The molecule has 0 atom stereocenters. The minimum atomic E-state index is 0.458. The van der Waals surface area contributed by atoms with Crippen molar-refractivity contribution in [3.63, 3.8) is 0 Å². The van der Waals surface area contributed by atoms with E-state index in [1.54, 1.807) is 0 Å². The fraction of sp³-hybridized carbons (Fsp3) is 1.00. The van der Waals surface area contributed by atoms with Gasteiger partial charge in [0.05, 0.1) is 0 Å². The van der Waals surface area contributed by atoms with E-state index in [2.05, 4.69) is 0 Å². The first-order valence-electron chi connectivity index (χ1n) is 2.72. The molecule has 0 bridgehead atoms. The van der Waals surface area contributed by atoms with Crippen LogP contribution in [-0.4, -0.2) is 5.25 Å². The molecule has 0 aromatic rings. The Hall–Kier alpha value is 0.0200. The van der Waals surface area contributed by atoms with Crippen molar-refractivity contribution in [3.8, 4) is 0 Å². The summed E-state index contributed by atoms with van der Waals surface area (Å²) in [5, 5.41) is 0.458. The lowest BCUT2D eigenvalue weighted by Crippen LogP contribution is -1.94. The van der Waals surface area contributed by atoms with Crippen molar-refractivity contribution >= 4 is 11.7 Å². The van der Waals surface area contributed by atoms with Gasteiger partial charge in [-0.05, 0) is 12.8 Å². The molecule has 0 unspecified atom stereocenters. The maximum atomic E-state index is 10.0. The summed E-state index contributed by atoms with van der Waals surface area (Å²) in [6, 6.07) is 0. The summed E-state index contributed by atoms with van der Waals surface area (Å²) in [5.74, 6) is 0. The SMILES string of the molecule is O=[S+]C1CCCC1. The molecule has 40 valence electrons. The van der Waals surface area contributed by atoms with Crippen LogP contribution >= 0.6 is 0 Å². The molecular formula is C5H9OS+. The van der Waals surface area contributed by atoms with E-state index in [1.807, 2.05) is 0 Å². The van der Waals surface area contributed by atoms with Crippen molar-refractivity contribution in [2.75, 3.05) is 0 Å². The molecule has 2 heteroatoms. The molecular weight excluding hydrogens is 108 g/mol. The van der Waals surface area contributed by atoms with Crippen molar-refractivity contribution in [3.05, 3.63) is 0 Å². The third-order valence-corrected chi connectivity index (χ3v) is 2.18. The van der Waals surface area contributed by atoms with E-state index >= 15 is 0 Å². The van der Waals surface area contributed by atoms with Gasteiger partial charge in [0.25, 0.3) is 0 Å². The molecule has 0 radical (unpaired) electrons. The summed E-state index contributed by atoms with van der Waals surface area (Å²) in [7, 11) is 0. The van der Waals surface area contributed by atoms with Gasteiger partial charge in [-0.25, -0.2) is 0 Å². The van der Waals surface area contributed by atoms with Crippen LogP contribution in [0.2, 0.25) is 0 Å². The average Bonchev–Trinajstić information content (AvgIpc) is 2.14. The number of hydrogen-bond acceptors (Lipinski definition) is 1. The van der Waals surface area contributed by atoms with E-state index < -0.39 is 0 Å². The highest BCUT2D eigenvalue weighted by Crippen LogP contribution is 2.18. The molecule has 0 spiro atoms. The molecule has 0 saturated heterocycles. The lowest BCUT2D eigenvalue weighted by molar-refractivity contribution is 0.597. The summed E-state index contributed by atoms with van der Waals surface area (Å²) < 4.78 is 10.0. The fourth-order valence-corrected chi connectivity index (χ4v) is 1.51. The molecule has 0 amide bonds. The van der Waals surface area contributed by atoms with Crippen molar-refractivity contribution < 1.29 is 4.21 Å². The van der Waals surface area contributed by atoms with Crippen LogP contribution in [0.15, 0.2) is 0 Å². The molecule has 1 aliphatic rings. The second-order valence-corrected chi connectivity index (χ2v) is 2.86. The molecule has 0 N–H and O–H groups in total. The highest BCUT2D eigenvalue weighted by molar-refractivity contribution is 7.66. The molecule has 0 aromatic carbocycles. The fourth-order valence-electron chi connectivity index (χ4n) is 0.985. The zero-order chi connectivity index (χ0) is 5.11. The lowest BCUT2D eigenvalue weighted by atomic mass is 10.4. The smallest absolute Gasteiger partial charge is 0.0476 e. The maximum absolute atomic E-state index is 10.0. The Labute approximate surface area is 47.6 Å². The van der Waals surface area contributed by atoms with Crippen LogP contribution in [0.4, 0.5) is 0 Å². The standard InChI is InChI=1S/C5H9OS/c6-7-5-3-1-2-4-5/h5H,1-4H2/q+1. The van der Waals surface area contributed by atoms with Crippen LogP contribution in [0.5, 0.6) is 0 Å². The summed E-state index contributed by atoms with van der Waals surface area (Å²) >= 11 is 0.782. The Balaban J connectivity index is 2.26. The first kappa shape index (κ1) is 5.16. The van der Waals surface area contributed by atoms with Gasteiger partial charge in [-0.15, -0.1) is 0 Å². The van der Waals surface area contributed by atoms with E-state index in [-0.39, 0.29) is 0 Å². The topological polar surface area (TPSA) is 17.1 Å². The Bertz CT molecular complexity index is 66.5. The van der Waals surface area contributed by atoms with Crippen LogP contribution < -0.4 is 0 Å². The third kappa shape index (κ3) is 1.20. The molecule has 0 heterocycles. The summed E-state index contributed by atoms with van der Waals surface area (Å²) in [5.41, 5.74) is 0. The Morgan fingerprint density at radius 2 is 1.86 bits per heavy atom. The van der Waals surface area contributed by atoms with Crippen molar-refractivity contribution in [2.45, 2.75) is 30.9 Å². The van der Waals surface area contributed by atoms with Gasteiger partial charge in [0.2, 0.25) is 5.25 Å².